The summed E-state index contributed by atoms with van der Waals surface area (Å²) < 4.78 is 1.23. The SMILES string of the molecule is O=C(CN1C(=O)/C(=C2\SC(=S)N(Cc3ccccc3)C2=O)c2ccccc21)Nc1cccc(Br)c1. The van der Waals surface area contributed by atoms with E-state index in [2.05, 4.69) is 21.2 Å². The minimum atomic E-state index is -0.393. The Morgan fingerprint density at radius 2 is 1.66 bits per heavy atom. The quantitative estimate of drug-likeness (QED) is 0.341. The van der Waals surface area contributed by atoms with E-state index in [9.17, 15) is 14.4 Å². The number of hydrogen-bond acceptors (Lipinski definition) is 5. The Bertz CT molecular complexity index is 1410. The lowest BCUT2D eigenvalue weighted by atomic mass is 10.1. The molecule has 0 saturated carbocycles. The fourth-order valence-electron chi connectivity index (χ4n) is 4.02. The van der Waals surface area contributed by atoms with Gasteiger partial charge in [-0.3, -0.25) is 24.2 Å². The summed E-state index contributed by atoms with van der Waals surface area (Å²) in [5, 5.41) is 2.82. The van der Waals surface area contributed by atoms with Crippen LogP contribution in [0, 0.1) is 0 Å². The molecule has 0 aromatic heterocycles. The molecule has 3 aromatic rings. The summed E-state index contributed by atoms with van der Waals surface area (Å²) >= 11 is 10.00. The second kappa shape index (κ2) is 9.77. The third-order valence-corrected chi connectivity index (χ3v) is 7.53. The molecule has 2 aliphatic rings. The second-order valence-electron chi connectivity index (χ2n) is 7.92. The Hall–Kier alpha value is -3.27. The number of fused-ring (bicyclic) bond motifs is 1. The highest BCUT2D eigenvalue weighted by atomic mass is 79.9. The van der Waals surface area contributed by atoms with Crippen molar-refractivity contribution in [1.29, 1.82) is 0 Å². The summed E-state index contributed by atoms with van der Waals surface area (Å²) in [6.07, 6.45) is 0. The van der Waals surface area contributed by atoms with E-state index >= 15 is 0 Å². The van der Waals surface area contributed by atoms with Crippen LogP contribution in [0.2, 0.25) is 0 Å². The van der Waals surface area contributed by atoms with Crippen LogP contribution in [0.25, 0.3) is 5.57 Å². The molecule has 0 aliphatic carbocycles. The van der Waals surface area contributed by atoms with Crippen LogP contribution in [0.1, 0.15) is 11.1 Å². The third-order valence-electron chi connectivity index (χ3n) is 5.59. The van der Waals surface area contributed by atoms with Crippen molar-refractivity contribution < 1.29 is 14.4 Å². The van der Waals surface area contributed by atoms with E-state index in [-0.39, 0.29) is 23.9 Å². The fourth-order valence-corrected chi connectivity index (χ4v) is 5.74. The monoisotopic (exact) mass is 563 g/mol. The molecule has 0 radical (unpaired) electrons. The highest BCUT2D eigenvalue weighted by molar-refractivity contribution is 9.10. The number of para-hydroxylation sites is 1. The van der Waals surface area contributed by atoms with Gasteiger partial charge in [0.25, 0.3) is 11.8 Å². The molecular weight excluding hydrogens is 546 g/mol. The number of benzene rings is 3. The number of rotatable bonds is 5. The van der Waals surface area contributed by atoms with Gasteiger partial charge in [-0.2, -0.15) is 0 Å². The lowest BCUT2D eigenvalue weighted by Crippen LogP contribution is -2.35. The van der Waals surface area contributed by atoms with E-state index in [1.807, 2.05) is 48.5 Å². The lowest BCUT2D eigenvalue weighted by Gasteiger charge is -2.17. The molecule has 3 amide bonds. The molecule has 0 atom stereocenters. The number of nitrogens with one attached hydrogen (secondary N) is 1. The maximum Gasteiger partial charge on any atom is 0.267 e. The van der Waals surface area contributed by atoms with Crippen molar-refractivity contribution >= 4 is 78.9 Å². The summed E-state index contributed by atoms with van der Waals surface area (Å²) in [4.78, 5) is 42.9. The molecule has 1 saturated heterocycles. The van der Waals surface area contributed by atoms with Gasteiger partial charge in [-0.05, 0) is 29.8 Å². The highest BCUT2D eigenvalue weighted by Gasteiger charge is 2.42. The number of carbonyl (C=O) groups is 3. The normalized spacial score (nSPS) is 17.2. The first-order valence-corrected chi connectivity index (χ1v) is 12.7. The van der Waals surface area contributed by atoms with Crippen molar-refractivity contribution in [1.82, 2.24) is 4.90 Å². The van der Waals surface area contributed by atoms with Gasteiger partial charge in [0.15, 0.2) is 0 Å². The van der Waals surface area contributed by atoms with E-state index in [0.717, 1.165) is 21.8 Å². The van der Waals surface area contributed by atoms with E-state index in [4.69, 9.17) is 12.2 Å². The van der Waals surface area contributed by atoms with E-state index in [0.29, 0.717) is 32.7 Å². The molecule has 1 N–H and O–H groups in total. The smallest absolute Gasteiger partial charge is 0.267 e. The van der Waals surface area contributed by atoms with Gasteiger partial charge in [-0.15, -0.1) is 0 Å². The first kappa shape index (κ1) is 23.5. The molecule has 0 bridgehead atoms. The van der Waals surface area contributed by atoms with Crippen LogP contribution < -0.4 is 10.2 Å². The molecule has 6 nitrogen and oxygen atoms in total. The van der Waals surface area contributed by atoms with Crippen LogP contribution >= 0.6 is 39.9 Å². The maximum atomic E-state index is 13.6. The maximum absolute atomic E-state index is 13.6. The second-order valence-corrected chi connectivity index (χ2v) is 10.5. The zero-order chi connectivity index (χ0) is 24.5. The Kier molecular flexibility index (Phi) is 6.55. The number of amides is 3. The summed E-state index contributed by atoms with van der Waals surface area (Å²) in [5.74, 6) is -1.04. The van der Waals surface area contributed by atoms with Gasteiger partial charge in [-0.1, -0.05) is 94.5 Å². The predicted octanol–water partition coefficient (Wildman–Crippen LogP) is 5.21. The number of nitrogens with zero attached hydrogens (tertiary/aromatic N) is 2. The van der Waals surface area contributed by atoms with E-state index < -0.39 is 5.91 Å². The van der Waals surface area contributed by atoms with Crippen LogP contribution in [0.3, 0.4) is 0 Å². The average Bonchev–Trinajstić information content (AvgIpc) is 3.27. The Labute approximate surface area is 220 Å². The van der Waals surface area contributed by atoms with Crippen molar-refractivity contribution in [2.24, 2.45) is 0 Å². The van der Waals surface area contributed by atoms with Gasteiger partial charge in [0.1, 0.15) is 10.9 Å². The van der Waals surface area contributed by atoms with Gasteiger partial charge in [-0.25, -0.2) is 0 Å². The third kappa shape index (κ3) is 4.67. The largest absolute Gasteiger partial charge is 0.324 e. The Balaban J connectivity index is 1.43. The summed E-state index contributed by atoms with van der Waals surface area (Å²) in [7, 11) is 0. The number of thioether (sulfide) groups is 1. The van der Waals surface area contributed by atoms with E-state index in [1.54, 1.807) is 30.3 Å². The molecule has 3 aromatic carbocycles. The zero-order valence-electron chi connectivity index (χ0n) is 18.2. The lowest BCUT2D eigenvalue weighted by molar-refractivity contribution is -0.122. The van der Waals surface area contributed by atoms with Gasteiger partial charge in [0.05, 0.1) is 22.7 Å². The molecule has 2 heterocycles. The number of halogens is 1. The van der Waals surface area contributed by atoms with Crippen molar-refractivity contribution in [2.45, 2.75) is 6.54 Å². The van der Waals surface area contributed by atoms with Crippen LogP contribution in [-0.4, -0.2) is 33.5 Å². The number of carbonyl (C=O) groups excluding carboxylic acids is 3. The van der Waals surface area contributed by atoms with Crippen LogP contribution in [0.5, 0.6) is 0 Å². The summed E-state index contributed by atoms with van der Waals surface area (Å²) in [5.41, 5.74) is 3.05. The highest BCUT2D eigenvalue weighted by Crippen LogP contribution is 2.44. The molecular formula is C26H18BrN3O3S2. The molecule has 5 rings (SSSR count). The predicted molar refractivity (Wildman–Crippen MR) is 146 cm³/mol. The standard InChI is InChI=1S/C26H18BrN3O3S2/c27-17-9-6-10-18(13-17)28-21(31)15-29-20-12-5-4-11-19(20)22(24(29)32)23-25(33)30(26(34)35-23)14-16-7-2-1-3-8-16/h1-13H,14-15H2,(H,28,31)/b23-22-. The first-order chi connectivity index (χ1) is 16.9. The first-order valence-electron chi connectivity index (χ1n) is 10.7. The Morgan fingerprint density at radius 1 is 0.914 bits per heavy atom. The average molecular weight is 564 g/mol. The van der Waals surface area contributed by atoms with Crippen LogP contribution in [-0.2, 0) is 20.9 Å². The van der Waals surface area contributed by atoms with Crippen LogP contribution in [0.15, 0.2) is 88.2 Å². The van der Waals surface area contributed by atoms with Crippen molar-refractivity contribution in [3.8, 4) is 0 Å². The van der Waals surface area contributed by atoms with Crippen LogP contribution in [0.4, 0.5) is 11.4 Å². The van der Waals surface area contributed by atoms with Gasteiger partial charge >= 0.3 is 0 Å². The minimum Gasteiger partial charge on any atom is -0.324 e. The molecule has 0 unspecified atom stereocenters. The molecule has 35 heavy (non-hydrogen) atoms. The topological polar surface area (TPSA) is 69.7 Å². The van der Waals surface area contributed by atoms with Crippen molar-refractivity contribution in [3.05, 3.63) is 99.4 Å². The van der Waals surface area contributed by atoms with Crippen molar-refractivity contribution in [2.75, 3.05) is 16.8 Å². The number of anilines is 2. The molecule has 2 aliphatic heterocycles. The minimum absolute atomic E-state index is 0.184. The fraction of sp³-hybridized carbons (Fsp3) is 0.0769. The number of hydrogen-bond donors (Lipinski definition) is 1. The summed E-state index contributed by atoms with van der Waals surface area (Å²) in [6, 6.07) is 24.0. The molecule has 174 valence electrons. The van der Waals surface area contributed by atoms with Gasteiger partial charge < -0.3 is 5.32 Å². The van der Waals surface area contributed by atoms with Crippen molar-refractivity contribution in [3.63, 3.8) is 0 Å². The zero-order valence-corrected chi connectivity index (χ0v) is 21.5. The van der Waals surface area contributed by atoms with E-state index in [1.165, 1.54) is 9.80 Å². The van der Waals surface area contributed by atoms with Gasteiger partial charge in [0, 0.05) is 15.7 Å². The Morgan fingerprint density at radius 3 is 2.43 bits per heavy atom. The molecule has 1 fully saturated rings. The molecule has 0 spiro atoms. The van der Waals surface area contributed by atoms with Gasteiger partial charge in [0.2, 0.25) is 5.91 Å². The molecule has 9 heteroatoms. The number of thiocarbonyl (C=S) groups is 1. The summed E-state index contributed by atoms with van der Waals surface area (Å²) in [6.45, 7) is 0.146.